The first-order valence-corrected chi connectivity index (χ1v) is 9.17. The highest BCUT2D eigenvalue weighted by Crippen LogP contribution is 2.42. The van der Waals surface area contributed by atoms with Crippen LogP contribution in [0.3, 0.4) is 0 Å². The van der Waals surface area contributed by atoms with Gasteiger partial charge < -0.3 is 0 Å². The second kappa shape index (κ2) is 6.00. The molecular formula is C26H20. The molecule has 4 aromatic carbocycles. The second-order valence-electron chi connectivity index (χ2n) is 7.12. The van der Waals surface area contributed by atoms with E-state index >= 15 is 0 Å². The third-order valence-electron chi connectivity index (χ3n) is 5.38. The lowest BCUT2D eigenvalue weighted by Crippen LogP contribution is -1.88. The van der Waals surface area contributed by atoms with Gasteiger partial charge in [0.05, 0.1) is 0 Å². The summed E-state index contributed by atoms with van der Waals surface area (Å²) in [6.45, 7) is 2.17. The maximum atomic E-state index is 2.32. The maximum absolute atomic E-state index is 2.32. The molecule has 0 heteroatoms. The Morgan fingerprint density at radius 2 is 1.27 bits per heavy atom. The maximum Gasteiger partial charge on any atom is -0.000728 e. The minimum atomic E-state index is 1.02. The SMILES string of the molecule is Cc1ccc2c(c1)-c1cccc(-c3cccc(-c4ccccc4)c3)c1C2. The van der Waals surface area contributed by atoms with E-state index in [2.05, 4.69) is 97.9 Å². The van der Waals surface area contributed by atoms with Gasteiger partial charge in [0.2, 0.25) is 0 Å². The molecule has 1 aliphatic rings. The molecule has 124 valence electrons. The summed E-state index contributed by atoms with van der Waals surface area (Å²) in [5.41, 5.74) is 12.2. The summed E-state index contributed by atoms with van der Waals surface area (Å²) in [5.74, 6) is 0. The zero-order chi connectivity index (χ0) is 17.5. The Labute approximate surface area is 154 Å². The van der Waals surface area contributed by atoms with E-state index in [1.54, 1.807) is 0 Å². The van der Waals surface area contributed by atoms with E-state index in [-0.39, 0.29) is 0 Å². The van der Waals surface area contributed by atoms with Crippen LogP contribution < -0.4 is 0 Å². The van der Waals surface area contributed by atoms with Crippen LogP contribution in [0.5, 0.6) is 0 Å². The lowest BCUT2D eigenvalue weighted by Gasteiger charge is -2.11. The second-order valence-corrected chi connectivity index (χ2v) is 7.12. The van der Waals surface area contributed by atoms with Crippen LogP contribution in [0.15, 0.2) is 91.0 Å². The number of benzene rings is 4. The third-order valence-corrected chi connectivity index (χ3v) is 5.38. The topological polar surface area (TPSA) is 0 Å². The first-order chi connectivity index (χ1) is 12.8. The molecule has 1 aliphatic carbocycles. The van der Waals surface area contributed by atoms with Gasteiger partial charge in [-0.25, -0.2) is 0 Å². The van der Waals surface area contributed by atoms with Gasteiger partial charge in [-0.15, -0.1) is 0 Å². The normalized spacial score (nSPS) is 11.9. The number of aryl methyl sites for hydroxylation is 1. The Morgan fingerprint density at radius 3 is 2.15 bits per heavy atom. The van der Waals surface area contributed by atoms with Crippen LogP contribution in [-0.4, -0.2) is 0 Å². The van der Waals surface area contributed by atoms with E-state index in [0.717, 1.165) is 6.42 Å². The minimum absolute atomic E-state index is 1.02. The van der Waals surface area contributed by atoms with Crippen molar-refractivity contribution in [3.63, 3.8) is 0 Å². The number of hydrogen-bond donors (Lipinski definition) is 0. The zero-order valence-corrected chi connectivity index (χ0v) is 14.9. The third kappa shape index (κ3) is 2.46. The van der Waals surface area contributed by atoms with Crippen molar-refractivity contribution in [1.82, 2.24) is 0 Å². The molecule has 0 heterocycles. The summed E-state index contributed by atoms with van der Waals surface area (Å²) in [4.78, 5) is 0. The molecule has 0 atom stereocenters. The molecule has 4 aromatic rings. The molecule has 0 unspecified atom stereocenters. The highest BCUT2D eigenvalue weighted by molar-refractivity contribution is 5.86. The molecule has 5 rings (SSSR count). The van der Waals surface area contributed by atoms with Crippen LogP contribution in [0.4, 0.5) is 0 Å². The fourth-order valence-electron chi connectivity index (χ4n) is 4.08. The van der Waals surface area contributed by atoms with Gasteiger partial charge in [0.15, 0.2) is 0 Å². The van der Waals surface area contributed by atoms with Crippen molar-refractivity contribution < 1.29 is 0 Å². The lowest BCUT2D eigenvalue weighted by atomic mass is 9.93. The van der Waals surface area contributed by atoms with E-state index in [1.165, 1.54) is 50.1 Å². The molecule has 0 amide bonds. The molecule has 0 fully saturated rings. The molecule has 0 spiro atoms. The molecule has 0 saturated heterocycles. The van der Waals surface area contributed by atoms with Crippen molar-refractivity contribution >= 4 is 0 Å². The summed E-state index contributed by atoms with van der Waals surface area (Å²) in [6, 6.07) is 33.1. The summed E-state index contributed by atoms with van der Waals surface area (Å²) in [7, 11) is 0. The van der Waals surface area contributed by atoms with Crippen molar-refractivity contribution in [2.75, 3.05) is 0 Å². The predicted molar refractivity (Wildman–Crippen MR) is 110 cm³/mol. The van der Waals surface area contributed by atoms with Crippen LogP contribution >= 0.6 is 0 Å². The molecule has 26 heavy (non-hydrogen) atoms. The first kappa shape index (κ1) is 15.2. The molecule has 0 nitrogen and oxygen atoms in total. The van der Waals surface area contributed by atoms with Gasteiger partial charge in [0.1, 0.15) is 0 Å². The van der Waals surface area contributed by atoms with E-state index in [0.29, 0.717) is 0 Å². The van der Waals surface area contributed by atoms with E-state index in [1.807, 2.05) is 0 Å². The van der Waals surface area contributed by atoms with Crippen molar-refractivity contribution in [2.45, 2.75) is 13.3 Å². The van der Waals surface area contributed by atoms with Crippen molar-refractivity contribution in [3.05, 3.63) is 108 Å². The summed E-state index contributed by atoms with van der Waals surface area (Å²) in [5, 5.41) is 0. The number of rotatable bonds is 2. The Bertz CT molecular complexity index is 1100. The fourth-order valence-corrected chi connectivity index (χ4v) is 4.08. The van der Waals surface area contributed by atoms with E-state index < -0.39 is 0 Å². The van der Waals surface area contributed by atoms with Crippen LogP contribution in [0.2, 0.25) is 0 Å². The van der Waals surface area contributed by atoms with Crippen LogP contribution in [0.25, 0.3) is 33.4 Å². The summed E-state index contributed by atoms with van der Waals surface area (Å²) in [6.07, 6.45) is 1.02. The van der Waals surface area contributed by atoms with Crippen molar-refractivity contribution in [3.8, 4) is 33.4 Å². The smallest absolute Gasteiger partial charge is 0.000728 e. The molecule has 0 aliphatic heterocycles. The minimum Gasteiger partial charge on any atom is -0.0622 e. The van der Waals surface area contributed by atoms with Crippen molar-refractivity contribution in [2.24, 2.45) is 0 Å². The Balaban J connectivity index is 1.64. The Hall–Kier alpha value is -3.12. The predicted octanol–water partition coefficient (Wildman–Crippen LogP) is 6.90. The zero-order valence-electron chi connectivity index (χ0n) is 14.9. The van der Waals surface area contributed by atoms with Crippen LogP contribution in [0, 0.1) is 6.92 Å². The largest absolute Gasteiger partial charge is 0.0622 e. The first-order valence-electron chi connectivity index (χ1n) is 9.17. The van der Waals surface area contributed by atoms with Crippen LogP contribution in [-0.2, 0) is 6.42 Å². The van der Waals surface area contributed by atoms with Gasteiger partial charge >= 0.3 is 0 Å². The van der Waals surface area contributed by atoms with Gasteiger partial charge in [0, 0.05) is 0 Å². The molecule has 0 aromatic heterocycles. The molecule has 0 bridgehead atoms. The van der Waals surface area contributed by atoms with Gasteiger partial charge in [-0.3, -0.25) is 0 Å². The number of fused-ring (bicyclic) bond motifs is 3. The van der Waals surface area contributed by atoms with Gasteiger partial charge in [0.25, 0.3) is 0 Å². The average molecular weight is 332 g/mol. The van der Waals surface area contributed by atoms with Crippen LogP contribution in [0.1, 0.15) is 16.7 Å². The highest BCUT2D eigenvalue weighted by Gasteiger charge is 2.21. The molecule has 0 saturated carbocycles. The van der Waals surface area contributed by atoms with Crippen molar-refractivity contribution in [1.29, 1.82) is 0 Å². The summed E-state index contributed by atoms with van der Waals surface area (Å²) < 4.78 is 0. The number of hydrogen-bond acceptors (Lipinski definition) is 0. The molecule has 0 radical (unpaired) electrons. The Morgan fingerprint density at radius 1 is 0.538 bits per heavy atom. The van der Waals surface area contributed by atoms with E-state index in [4.69, 9.17) is 0 Å². The van der Waals surface area contributed by atoms with Gasteiger partial charge in [-0.2, -0.15) is 0 Å². The monoisotopic (exact) mass is 332 g/mol. The lowest BCUT2D eigenvalue weighted by molar-refractivity contribution is 1.26. The standard InChI is InChI=1S/C26H20/c1-18-13-14-22-17-26-23(11-6-12-24(26)25(22)15-18)21-10-5-9-20(16-21)19-7-3-2-4-8-19/h2-16H,17H2,1H3. The summed E-state index contributed by atoms with van der Waals surface area (Å²) >= 11 is 0. The molecular weight excluding hydrogens is 312 g/mol. The molecule has 0 N–H and O–H groups in total. The van der Waals surface area contributed by atoms with Gasteiger partial charge in [-0.1, -0.05) is 90.5 Å². The fraction of sp³-hybridized carbons (Fsp3) is 0.0769. The highest BCUT2D eigenvalue weighted by atomic mass is 14.2. The average Bonchev–Trinajstić information content (AvgIpc) is 3.07. The van der Waals surface area contributed by atoms with E-state index in [9.17, 15) is 0 Å². The Kier molecular flexibility index (Phi) is 3.50. The van der Waals surface area contributed by atoms with Gasteiger partial charge in [-0.05, 0) is 63.9 Å². The quantitative estimate of drug-likeness (QED) is 0.330.